The molecule has 2 aliphatic rings. The van der Waals surface area contributed by atoms with Crippen LogP contribution in [0.3, 0.4) is 0 Å². The summed E-state index contributed by atoms with van der Waals surface area (Å²) in [7, 11) is 1.77. The normalized spacial score (nSPS) is 21.1. The molecule has 0 aliphatic carbocycles. The highest BCUT2D eigenvalue weighted by molar-refractivity contribution is 5.85. The van der Waals surface area contributed by atoms with Gasteiger partial charge in [-0.2, -0.15) is 0 Å². The molecule has 2 rings (SSSR count). The summed E-state index contributed by atoms with van der Waals surface area (Å²) in [5.41, 5.74) is 0. The van der Waals surface area contributed by atoms with Crippen molar-refractivity contribution in [3.8, 4) is 0 Å². The van der Waals surface area contributed by atoms with Crippen LogP contribution in [0, 0.1) is 0 Å². The molecule has 1 N–H and O–H groups in total. The quantitative estimate of drug-likeness (QED) is 0.778. The van der Waals surface area contributed by atoms with Crippen molar-refractivity contribution in [3.63, 3.8) is 0 Å². The Bertz CT molecular complexity index is 342. The smallest absolute Gasteiger partial charge is 0.320 e. The molecule has 2 aliphatic heterocycles. The lowest BCUT2D eigenvalue weighted by Crippen LogP contribution is -2.46. The number of carbonyl (C=O) groups is 2. The highest BCUT2D eigenvalue weighted by Gasteiger charge is 2.35. The fourth-order valence-corrected chi connectivity index (χ4v) is 2.67. The van der Waals surface area contributed by atoms with Crippen molar-refractivity contribution in [1.82, 2.24) is 20.0 Å². The first-order valence-electron chi connectivity index (χ1n) is 7.13. The van der Waals surface area contributed by atoms with Gasteiger partial charge in [0, 0.05) is 32.7 Å². The van der Waals surface area contributed by atoms with Crippen LogP contribution < -0.4 is 5.32 Å². The molecule has 0 bridgehead atoms. The number of carbonyl (C=O) groups excluding carboxylic acids is 2. The van der Waals surface area contributed by atoms with Crippen molar-refractivity contribution in [2.45, 2.75) is 25.8 Å². The van der Waals surface area contributed by atoms with E-state index in [0.717, 1.165) is 32.5 Å². The van der Waals surface area contributed by atoms with Gasteiger partial charge in [0.25, 0.3) is 0 Å². The van der Waals surface area contributed by atoms with Crippen LogP contribution in [0.25, 0.3) is 0 Å². The summed E-state index contributed by atoms with van der Waals surface area (Å²) >= 11 is 0. The first kappa shape index (κ1) is 14.1. The monoisotopic (exact) mass is 268 g/mol. The zero-order valence-corrected chi connectivity index (χ0v) is 11.9. The number of urea groups is 1. The maximum Gasteiger partial charge on any atom is 0.320 e. The van der Waals surface area contributed by atoms with E-state index in [2.05, 4.69) is 5.32 Å². The number of rotatable bonds is 4. The molecule has 0 unspecified atom stereocenters. The van der Waals surface area contributed by atoms with Crippen LogP contribution in [0.2, 0.25) is 0 Å². The number of hydrogen-bond acceptors (Lipinski definition) is 3. The third-order valence-electron chi connectivity index (χ3n) is 4.10. The zero-order chi connectivity index (χ0) is 13.8. The average molecular weight is 268 g/mol. The highest BCUT2D eigenvalue weighted by atomic mass is 16.2. The molecule has 2 heterocycles. The Hall–Kier alpha value is -1.30. The Labute approximate surface area is 114 Å². The zero-order valence-electron chi connectivity index (χ0n) is 11.9. The van der Waals surface area contributed by atoms with Crippen LogP contribution in [0.1, 0.15) is 19.8 Å². The molecule has 0 saturated carbocycles. The predicted molar refractivity (Wildman–Crippen MR) is 72.9 cm³/mol. The van der Waals surface area contributed by atoms with Gasteiger partial charge >= 0.3 is 6.03 Å². The largest absolute Gasteiger partial charge is 0.345 e. The summed E-state index contributed by atoms with van der Waals surface area (Å²) in [5.74, 6) is 0.0167. The Kier molecular flexibility index (Phi) is 4.63. The number of hydrogen-bond donors (Lipinski definition) is 1. The average Bonchev–Trinajstić information content (AvgIpc) is 2.80. The standard InChI is InChI=1S/C13H24N4O2/c1-3-15(2)12(18)10-16-8-9-17(13(16)19)11-4-6-14-7-5-11/h11,14H,3-10H2,1-2H3. The molecule has 6 heteroatoms. The molecule has 0 atom stereocenters. The number of nitrogens with zero attached hydrogens (tertiary/aromatic N) is 3. The van der Waals surface area contributed by atoms with E-state index in [1.54, 1.807) is 16.8 Å². The van der Waals surface area contributed by atoms with E-state index in [1.807, 2.05) is 11.8 Å². The predicted octanol–water partition coefficient (Wildman–Crippen LogP) is -0.0457. The first-order chi connectivity index (χ1) is 9.13. The Morgan fingerprint density at radius 2 is 2.05 bits per heavy atom. The Balaban J connectivity index is 1.88. The number of likely N-dealkylation sites (N-methyl/N-ethyl adjacent to an activating group) is 1. The maximum absolute atomic E-state index is 12.3. The molecule has 6 nitrogen and oxygen atoms in total. The molecule has 19 heavy (non-hydrogen) atoms. The maximum atomic E-state index is 12.3. The van der Waals surface area contributed by atoms with Crippen LogP contribution in [-0.4, -0.2) is 79.0 Å². The summed E-state index contributed by atoms with van der Waals surface area (Å²) in [4.78, 5) is 29.4. The van der Waals surface area contributed by atoms with Crippen molar-refractivity contribution in [2.75, 3.05) is 46.3 Å². The molecular weight excluding hydrogens is 244 g/mol. The van der Waals surface area contributed by atoms with Gasteiger partial charge in [-0.15, -0.1) is 0 Å². The molecule has 2 saturated heterocycles. The van der Waals surface area contributed by atoms with E-state index in [4.69, 9.17) is 0 Å². The van der Waals surface area contributed by atoms with E-state index in [1.165, 1.54) is 0 Å². The number of amides is 3. The second kappa shape index (κ2) is 6.23. The van der Waals surface area contributed by atoms with Crippen LogP contribution in [-0.2, 0) is 4.79 Å². The Morgan fingerprint density at radius 1 is 1.37 bits per heavy atom. The highest BCUT2D eigenvalue weighted by Crippen LogP contribution is 2.18. The minimum absolute atomic E-state index is 0.0167. The molecule has 0 aromatic carbocycles. The number of piperidine rings is 1. The fourth-order valence-electron chi connectivity index (χ4n) is 2.67. The van der Waals surface area contributed by atoms with Crippen molar-refractivity contribution >= 4 is 11.9 Å². The van der Waals surface area contributed by atoms with E-state index >= 15 is 0 Å². The molecule has 0 radical (unpaired) electrons. The van der Waals surface area contributed by atoms with Gasteiger partial charge in [0.1, 0.15) is 6.54 Å². The van der Waals surface area contributed by atoms with Gasteiger partial charge in [-0.1, -0.05) is 0 Å². The van der Waals surface area contributed by atoms with Gasteiger partial charge in [0.2, 0.25) is 5.91 Å². The summed E-state index contributed by atoms with van der Waals surface area (Å²) in [5, 5.41) is 3.31. The minimum atomic E-state index is 0.0167. The fraction of sp³-hybridized carbons (Fsp3) is 0.846. The van der Waals surface area contributed by atoms with Gasteiger partial charge in [0.05, 0.1) is 0 Å². The van der Waals surface area contributed by atoms with E-state index in [-0.39, 0.29) is 18.5 Å². The van der Waals surface area contributed by atoms with E-state index in [0.29, 0.717) is 19.1 Å². The lowest BCUT2D eigenvalue weighted by molar-refractivity contribution is -0.130. The van der Waals surface area contributed by atoms with E-state index in [9.17, 15) is 9.59 Å². The van der Waals surface area contributed by atoms with Gasteiger partial charge in [0.15, 0.2) is 0 Å². The van der Waals surface area contributed by atoms with Gasteiger partial charge in [-0.3, -0.25) is 4.79 Å². The van der Waals surface area contributed by atoms with Crippen LogP contribution in [0.15, 0.2) is 0 Å². The molecule has 108 valence electrons. The van der Waals surface area contributed by atoms with Crippen LogP contribution in [0.5, 0.6) is 0 Å². The van der Waals surface area contributed by atoms with Crippen LogP contribution in [0.4, 0.5) is 4.79 Å². The van der Waals surface area contributed by atoms with Gasteiger partial charge < -0.3 is 20.0 Å². The summed E-state index contributed by atoms with van der Waals surface area (Å²) in [6.07, 6.45) is 2.03. The van der Waals surface area contributed by atoms with Gasteiger partial charge in [-0.05, 0) is 32.9 Å². The molecule has 3 amide bonds. The van der Waals surface area contributed by atoms with Gasteiger partial charge in [-0.25, -0.2) is 4.79 Å². The first-order valence-corrected chi connectivity index (χ1v) is 7.13. The third-order valence-corrected chi connectivity index (χ3v) is 4.10. The lowest BCUT2D eigenvalue weighted by atomic mass is 10.1. The summed E-state index contributed by atoms with van der Waals surface area (Å²) in [6, 6.07) is 0.377. The van der Waals surface area contributed by atoms with Crippen molar-refractivity contribution in [2.24, 2.45) is 0 Å². The lowest BCUT2D eigenvalue weighted by Gasteiger charge is -2.31. The third kappa shape index (κ3) is 3.18. The topological polar surface area (TPSA) is 55.9 Å². The second-order valence-corrected chi connectivity index (χ2v) is 5.29. The molecule has 0 aromatic heterocycles. The SMILES string of the molecule is CCN(C)C(=O)CN1CCN(C2CCNCC2)C1=O. The molecule has 0 aromatic rings. The van der Waals surface area contributed by atoms with E-state index < -0.39 is 0 Å². The minimum Gasteiger partial charge on any atom is -0.345 e. The summed E-state index contributed by atoms with van der Waals surface area (Å²) < 4.78 is 0. The van der Waals surface area contributed by atoms with Crippen molar-refractivity contribution in [1.29, 1.82) is 0 Å². The molecule has 2 fully saturated rings. The number of nitrogens with one attached hydrogen (secondary N) is 1. The van der Waals surface area contributed by atoms with Crippen LogP contribution >= 0.6 is 0 Å². The van der Waals surface area contributed by atoms with Crippen molar-refractivity contribution in [3.05, 3.63) is 0 Å². The molecule has 0 spiro atoms. The second-order valence-electron chi connectivity index (χ2n) is 5.29. The summed E-state index contributed by atoms with van der Waals surface area (Å²) in [6.45, 7) is 6.21. The molecular formula is C13H24N4O2. The van der Waals surface area contributed by atoms with Crippen molar-refractivity contribution < 1.29 is 9.59 Å². The Morgan fingerprint density at radius 3 is 2.68 bits per heavy atom.